The fraction of sp³-hybridized carbons (Fsp3) is 0.900. The molecule has 1 N–H and O–H groups in total. The van der Waals surface area contributed by atoms with E-state index < -0.39 is 16.1 Å². The van der Waals surface area contributed by atoms with Gasteiger partial charge in [0.15, 0.2) is 0 Å². The summed E-state index contributed by atoms with van der Waals surface area (Å²) in [7, 11) is 0.488. The van der Waals surface area contributed by atoms with E-state index in [2.05, 4.69) is 10.1 Å². The molecule has 0 aliphatic rings. The van der Waals surface area contributed by atoms with Crippen molar-refractivity contribution >= 4 is 16.1 Å². The molecule has 8 heteroatoms. The van der Waals surface area contributed by atoms with Crippen molar-refractivity contribution in [2.75, 3.05) is 53.1 Å². The summed E-state index contributed by atoms with van der Waals surface area (Å²) >= 11 is 0. The summed E-state index contributed by atoms with van der Waals surface area (Å²) < 4.78 is 29.0. The van der Waals surface area contributed by atoms with Gasteiger partial charge in [-0.25, -0.2) is 13.2 Å². The molecule has 0 rings (SSSR count). The number of rotatable bonds is 8. The number of nitrogens with one attached hydrogen (secondary N) is 1. The number of carbonyl (C=O) groups is 1. The Hall–Kier alpha value is -0.860. The van der Waals surface area contributed by atoms with E-state index in [1.165, 1.54) is 4.31 Å². The van der Waals surface area contributed by atoms with Gasteiger partial charge in [0, 0.05) is 26.2 Å². The van der Waals surface area contributed by atoms with Crippen LogP contribution in [0.2, 0.25) is 0 Å². The molecule has 0 aliphatic heterocycles. The second kappa shape index (κ2) is 8.28. The average Bonchev–Trinajstić information content (AvgIpc) is 2.21. The van der Waals surface area contributed by atoms with Crippen LogP contribution in [0.1, 0.15) is 6.92 Å². The Kier molecular flexibility index (Phi) is 7.88. The second-order valence-corrected chi connectivity index (χ2v) is 6.10. The van der Waals surface area contributed by atoms with Crippen molar-refractivity contribution in [1.82, 2.24) is 14.5 Å². The highest BCUT2D eigenvalue weighted by atomic mass is 32.2. The highest BCUT2D eigenvalue weighted by molar-refractivity contribution is 7.88. The summed E-state index contributed by atoms with van der Waals surface area (Å²) in [5.41, 5.74) is 0. The quantitative estimate of drug-likeness (QED) is 0.652. The van der Waals surface area contributed by atoms with E-state index in [0.29, 0.717) is 19.7 Å². The van der Waals surface area contributed by atoms with Crippen molar-refractivity contribution in [2.45, 2.75) is 6.92 Å². The Morgan fingerprint density at radius 1 is 1.22 bits per heavy atom. The van der Waals surface area contributed by atoms with Gasteiger partial charge >= 0.3 is 6.09 Å². The monoisotopic (exact) mass is 281 g/mol. The van der Waals surface area contributed by atoms with Gasteiger partial charge in [-0.1, -0.05) is 0 Å². The largest absolute Gasteiger partial charge is 0.450 e. The van der Waals surface area contributed by atoms with Gasteiger partial charge in [-0.3, -0.25) is 0 Å². The lowest BCUT2D eigenvalue weighted by molar-refractivity contribution is 0.151. The molecule has 0 fully saturated rings. The molecule has 0 aromatic heterocycles. The number of amides is 1. The SMILES string of the molecule is CCOC(=O)NCCN(CCN(C)C)S(C)(=O)=O. The normalized spacial score (nSPS) is 11.9. The lowest BCUT2D eigenvalue weighted by Crippen LogP contribution is -2.41. The Bertz CT molecular complexity index is 343. The van der Waals surface area contributed by atoms with Gasteiger partial charge in [0.1, 0.15) is 0 Å². The zero-order chi connectivity index (χ0) is 14.2. The molecule has 108 valence electrons. The summed E-state index contributed by atoms with van der Waals surface area (Å²) in [5.74, 6) is 0. The summed E-state index contributed by atoms with van der Waals surface area (Å²) in [4.78, 5) is 12.9. The first-order valence-electron chi connectivity index (χ1n) is 5.77. The van der Waals surface area contributed by atoms with Crippen molar-refractivity contribution in [3.8, 4) is 0 Å². The van der Waals surface area contributed by atoms with Crippen LogP contribution in [0.3, 0.4) is 0 Å². The Balaban J connectivity index is 4.14. The van der Waals surface area contributed by atoms with Crippen molar-refractivity contribution in [3.05, 3.63) is 0 Å². The number of carbonyl (C=O) groups excluding carboxylic acids is 1. The molecule has 0 radical (unpaired) electrons. The molecular formula is C10H23N3O4S. The van der Waals surface area contributed by atoms with Crippen molar-refractivity contribution in [2.24, 2.45) is 0 Å². The van der Waals surface area contributed by atoms with Crippen molar-refractivity contribution in [1.29, 1.82) is 0 Å². The molecule has 7 nitrogen and oxygen atoms in total. The molecule has 0 atom stereocenters. The van der Waals surface area contributed by atoms with Gasteiger partial charge in [-0.15, -0.1) is 0 Å². The van der Waals surface area contributed by atoms with Crippen LogP contribution in [-0.4, -0.2) is 76.9 Å². The van der Waals surface area contributed by atoms with Gasteiger partial charge in [-0.05, 0) is 21.0 Å². The summed E-state index contributed by atoms with van der Waals surface area (Å²) in [6, 6.07) is 0. The molecule has 0 aromatic rings. The maximum atomic E-state index is 11.5. The molecule has 1 amide bonds. The first-order valence-corrected chi connectivity index (χ1v) is 7.62. The molecule has 0 bridgehead atoms. The third-order valence-corrected chi connectivity index (χ3v) is 3.47. The number of hydrogen-bond acceptors (Lipinski definition) is 5. The molecule has 0 heterocycles. The van der Waals surface area contributed by atoms with E-state index in [-0.39, 0.29) is 13.1 Å². The van der Waals surface area contributed by atoms with Gasteiger partial charge in [0.25, 0.3) is 0 Å². The molecule has 0 saturated carbocycles. The zero-order valence-corrected chi connectivity index (χ0v) is 12.3. The van der Waals surface area contributed by atoms with Gasteiger partial charge < -0.3 is 15.0 Å². The Morgan fingerprint density at radius 2 is 1.83 bits per heavy atom. The fourth-order valence-electron chi connectivity index (χ4n) is 1.22. The maximum Gasteiger partial charge on any atom is 0.407 e. The second-order valence-electron chi connectivity index (χ2n) is 4.11. The van der Waals surface area contributed by atoms with Crippen molar-refractivity contribution in [3.63, 3.8) is 0 Å². The molecule has 0 spiro atoms. The predicted molar refractivity (Wildman–Crippen MR) is 70.0 cm³/mol. The maximum absolute atomic E-state index is 11.5. The minimum Gasteiger partial charge on any atom is -0.450 e. The molecule has 18 heavy (non-hydrogen) atoms. The number of ether oxygens (including phenoxy) is 1. The topological polar surface area (TPSA) is 79.0 Å². The number of alkyl carbamates (subject to hydrolysis) is 1. The van der Waals surface area contributed by atoms with Crippen LogP contribution in [0.5, 0.6) is 0 Å². The first-order chi connectivity index (χ1) is 8.27. The van der Waals surface area contributed by atoms with E-state index in [4.69, 9.17) is 0 Å². The van der Waals surface area contributed by atoms with Crippen LogP contribution in [0.4, 0.5) is 4.79 Å². The Morgan fingerprint density at radius 3 is 2.28 bits per heavy atom. The van der Waals surface area contributed by atoms with E-state index >= 15 is 0 Å². The summed E-state index contributed by atoms with van der Waals surface area (Å²) in [6.07, 6.45) is 0.631. The molecule has 0 aromatic carbocycles. The lowest BCUT2D eigenvalue weighted by atomic mass is 10.5. The van der Waals surface area contributed by atoms with Gasteiger partial charge in [-0.2, -0.15) is 4.31 Å². The third kappa shape index (κ3) is 8.26. The highest BCUT2D eigenvalue weighted by Crippen LogP contribution is 1.97. The number of likely N-dealkylation sites (N-methyl/N-ethyl adjacent to an activating group) is 1. The minimum atomic E-state index is -3.26. The zero-order valence-electron chi connectivity index (χ0n) is 11.5. The van der Waals surface area contributed by atoms with E-state index in [0.717, 1.165) is 6.26 Å². The van der Waals surface area contributed by atoms with E-state index in [1.807, 2.05) is 19.0 Å². The van der Waals surface area contributed by atoms with Gasteiger partial charge in [0.2, 0.25) is 10.0 Å². The van der Waals surface area contributed by atoms with Crippen LogP contribution in [0.15, 0.2) is 0 Å². The van der Waals surface area contributed by atoms with Crippen molar-refractivity contribution < 1.29 is 17.9 Å². The van der Waals surface area contributed by atoms with Crippen LogP contribution >= 0.6 is 0 Å². The fourth-order valence-corrected chi connectivity index (χ4v) is 2.06. The standard InChI is InChI=1S/C10H23N3O4S/c1-5-17-10(14)11-6-7-13(18(4,15)16)9-8-12(2)3/h5-9H2,1-4H3,(H,11,14). The summed E-state index contributed by atoms with van der Waals surface area (Å²) in [5, 5.41) is 2.49. The summed E-state index contributed by atoms with van der Waals surface area (Å²) in [6.45, 7) is 3.51. The molecular weight excluding hydrogens is 258 g/mol. The smallest absolute Gasteiger partial charge is 0.407 e. The van der Waals surface area contributed by atoms with Gasteiger partial charge in [0.05, 0.1) is 12.9 Å². The molecule has 0 saturated heterocycles. The van der Waals surface area contributed by atoms with Crippen LogP contribution in [0.25, 0.3) is 0 Å². The van der Waals surface area contributed by atoms with E-state index in [9.17, 15) is 13.2 Å². The third-order valence-electron chi connectivity index (χ3n) is 2.17. The highest BCUT2D eigenvalue weighted by Gasteiger charge is 2.16. The molecule has 0 unspecified atom stereocenters. The lowest BCUT2D eigenvalue weighted by Gasteiger charge is -2.21. The van der Waals surface area contributed by atoms with Crippen LogP contribution < -0.4 is 5.32 Å². The van der Waals surface area contributed by atoms with E-state index in [1.54, 1.807) is 6.92 Å². The number of nitrogens with zero attached hydrogens (tertiary/aromatic N) is 2. The molecule has 0 aliphatic carbocycles. The number of sulfonamides is 1. The Labute approximate surface area is 109 Å². The average molecular weight is 281 g/mol. The van der Waals surface area contributed by atoms with Crippen LogP contribution in [0, 0.1) is 0 Å². The number of hydrogen-bond donors (Lipinski definition) is 1. The minimum absolute atomic E-state index is 0.235. The predicted octanol–water partition coefficient (Wildman–Crippen LogP) is -0.444. The van der Waals surface area contributed by atoms with Crippen LogP contribution in [-0.2, 0) is 14.8 Å². The first kappa shape index (κ1) is 17.1.